The van der Waals surface area contributed by atoms with E-state index in [0.29, 0.717) is 61.6 Å². The van der Waals surface area contributed by atoms with Crippen LogP contribution in [0.1, 0.15) is 106 Å². The summed E-state index contributed by atoms with van der Waals surface area (Å²) in [6.07, 6.45) is 10.3. The van der Waals surface area contributed by atoms with E-state index in [0.717, 1.165) is 65.8 Å². The summed E-state index contributed by atoms with van der Waals surface area (Å²) in [5.74, 6) is -1.93. The summed E-state index contributed by atoms with van der Waals surface area (Å²) in [5, 5.41) is 32.5. The van der Waals surface area contributed by atoms with Crippen LogP contribution in [0.15, 0.2) is 96.9 Å². The van der Waals surface area contributed by atoms with Crippen molar-refractivity contribution in [3.05, 3.63) is 125 Å². The first-order chi connectivity index (χ1) is 40.0. The Balaban J connectivity index is 0.733. The molecule has 21 heteroatoms. The number of carbonyl (C=O) groups is 5. The lowest BCUT2D eigenvalue weighted by Crippen LogP contribution is -2.57. The first-order valence-electron chi connectivity index (χ1n) is 28.3. The van der Waals surface area contributed by atoms with E-state index < -0.39 is 35.3 Å². The highest BCUT2D eigenvalue weighted by Gasteiger charge is 2.44. The molecule has 0 bridgehead atoms. The molecular formula is C62H73FN12O7S. The molecule has 0 aliphatic carbocycles. The topological polar surface area (TPSA) is 248 Å². The van der Waals surface area contributed by atoms with Crippen molar-refractivity contribution in [2.45, 2.75) is 110 Å². The van der Waals surface area contributed by atoms with Crippen LogP contribution >= 0.6 is 11.3 Å². The Morgan fingerprint density at radius 3 is 2.33 bits per heavy atom. The number of aromatic nitrogens is 4. The zero-order chi connectivity index (χ0) is 59.0. The number of nitrogens with one attached hydrogen (secondary N) is 4. The van der Waals surface area contributed by atoms with Crippen LogP contribution in [0.25, 0.3) is 33.0 Å². The molecule has 0 spiro atoms. The number of carbonyl (C=O) groups excluding carboxylic acids is 5. The lowest BCUT2D eigenvalue weighted by molar-refractivity contribution is -0.144. The fraction of sp³-hybridized carbons (Fsp3) is 0.419. The van der Waals surface area contributed by atoms with Gasteiger partial charge in [-0.3, -0.25) is 33.9 Å². The number of nitriles is 1. The number of likely N-dealkylation sites (tertiary alicyclic amines) is 1. The van der Waals surface area contributed by atoms with E-state index in [1.807, 2.05) is 69.6 Å². The molecular weight excluding hydrogens is 1080 g/mol. The zero-order valence-corrected chi connectivity index (χ0v) is 48.6. The molecule has 5 N–H and O–H groups in total. The minimum atomic E-state index is -0.885. The van der Waals surface area contributed by atoms with Gasteiger partial charge in [0.1, 0.15) is 29.3 Å². The lowest BCUT2D eigenvalue weighted by Gasteiger charge is -2.36. The summed E-state index contributed by atoms with van der Waals surface area (Å²) in [5.41, 5.74) is 7.16. The third-order valence-electron chi connectivity index (χ3n) is 15.0. The van der Waals surface area contributed by atoms with Gasteiger partial charge in [-0.1, -0.05) is 89.3 Å². The maximum absolute atomic E-state index is 15.0. The van der Waals surface area contributed by atoms with E-state index in [1.54, 1.807) is 41.9 Å². The van der Waals surface area contributed by atoms with Gasteiger partial charge in [-0.15, -0.1) is 11.3 Å². The zero-order valence-electron chi connectivity index (χ0n) is 47.8. The van der Waals surface area contributed by atoms with Gasteiger partial charge in [0, 0.05) is 82.8 Å². The molecule has 0 radical (unpaired) electrons. The van der Waals surface area contributed by atoms with Crippen molar-refractivity contribution in [3.8, 4) is 44.8 Å². The third kappa shape index (κ3) is 16.1. The van der Waals surface area contributed by atoms with Crippen LogP contribution in [-0.2, 0) is 25.7 Å². The number of thiazole rings is 1. The average Bonchev–Trinajstić information content (AvgIpc) is 4.33. The monoisotopic (exact) mass is 1150 g/mol. The summed E-state index contributed by atoms with van der Waals surface area (Å²) in [4.78, 5) is 91.7. The maximum Gasteiger partial charge on any atom is 0.274 e. The number of hydrogen-bond acceptors (Lipinski definition) is 15. The molecule has 3 aromatic carbocycles. The van der Waals surface area contributed by atoms with Crippen LogP contribution in [0.5, 0.6) is 5.75 Å². The highest BCUT2D eigenvalue weighted by atomic mass is 32.1. The van der Waals surface area contributed by atoms with Gasteiger partial charge >= 0.3 is 0 Å². The average molecular weight is 1150 g/mol. The van der Waals surface area contributed by atoms with Crippen LogP contribution in [-0.4, -0.2) is 135 Å². The van der Waals surface area contributed by atoms with Crippen molar-refractivity contribution >= 4 is 52.2 Å². The summed E-state index contributed by atoms with van der Waals surface area (Å²) >= 11 is 1.57. The van der Waals surface area contributed by atoms with Crippen molar-refractivity contribution in [3.63, 3.8) is 0 Å². The van der Waals surface area contributed by atoms with Gasteiger partial charge in [0.2, 0.25) is 23.6 Å². The minimum Gasteiger partial charge on any atom is -0.496 e. The molecule has 5 amide bonds. The van der Waals surface area contributed by atoms with Crippen LogP contribution < -0.4 is 30.9 Å². The van der Waals surface area contributed by atoms with Crippen molar-refractivity contribution in [2.24, 2.45) is 5.41 Å². The fourth-order valence-corrected chi connectivity index (χ4v) is 11.2. The van der Waals surface area contributed by atoms with E-state index in [9.17, 15) is 38.7 Å². The molecule has 6 aromatic rings. The molecule has 2 aliphatic rings. The Bertz CT molecular complexity index is 3280. The van der Waals surface area contributed by atoms with Gasteiger partial charge in [0.15, 0.2) is 5.82 Å². The third-order valence-corrected chi connectivity index (χ3v) is 16.0. The highest BCUT2D eigenvalue weighted by molar-refractivity contribution is 7.13. The van der Waals surface area contributed by atoms with Gasteiger partial charge in [-0.2, -0.15) is 5.26 Å². The van der Waals surface area contributed by atoms with Gasteiger partial charge in [-0.05, 0) is 78.3 Å². The first kappa shape index (κ1) is 60.9. The molecule has 2 fully saturated rings. The minimum absolute atomic E-state index is 0.00413. The molecule has 0 saturated carbocycles. The number of amides is 5. The van der Waals surface area contributed by atoms with Crippen LogP contribution in [0, 0.1) is 29.5 Å². The van der Waals surface area contributed by atoms with Crippen molar-refractivity contribution in [2.75, 3.05) is 63.1 Å². The number of rotatable bonds is 24. The number of halogens is 1. The van der Waals surface area contributed by atoms with E-state index in [4.69, 9.17) is 4.74 Å². The number of hydrogen-bond donors (Lipinski definition) is 5. The molecule has 2 saturated heterocycles. The molecule has 19 nitrogen and oxygen atoms in total. The quantitative estimate of drug-likeness (QED) is 0.0360. The number of β-amino-alcohol motifs (C(OH)–C–C–N with tert-alkyl or cyclic N) is 1. The number of aryl methyl sites for hydroxylation is 1. The number of pyridine rings is 1. The van der Waals surface area contributed by atoms with Crippen LogP contribution in [0.4, 0.5) is 15.8 Å². The fourth-order valence-electron chi connectivity index (χ4n) is 10.4. The van der Waals surface area contributed by atoms with Gasteiger partial charge in [0.25, 0.3) is 5.91 Å². The molecule has 3 aromatic heterocycles. The molecule has 0 unspecified atom stereocenters. The Morgan fingerprint density at radius 2 is 1.61 bits per heavy atom. The summed E-state index contributed by atoms with van der Waals surface area (Å²) in [6.45, 7) is 10.9. The van der Waals surface area contributed by atoms with Crippen molar-refractivity contribution in [1.82, 2.24) is 45.7 Å². The Labute approximate surface area is 488 Å². The summed E-state index contributed by atoms with van der Waals surface area (Å²) in [7, 11) is 1.42. The number of aliphatic hydroxyl groups excluding tert-OH is 1. The molecule has 83 heavy (non-hydrogen) atoms. The predicted molar refractivity (Wildman–Crippen MR) is 317 cm³/mol. The molecule has 2 aliphatic heterocycles. The number of unbranched alkanes of at least 4 members (excludes halogenated alkanes) is 6. The summed E-state index contributed by atoms with van der Waals surface area (Å²) in [6, 6.07) is 21.3. The van der Waals surface area contributed by atoms with Crippen LogP contribution in [0.3, 0.4) is 0 Å². The Kier molecular flexibility index (Phi) is 21.0. The van der Waals surface area contributed by atoms with E-state index >= 15 is 0 Å². The van der Waals surface area contributed by atoms with E-state index in [-0.39, 0.29) is 78.9 Å². The highest BCUT2D eigenvalue weighted by Crippen LogP contribution is 2.35. The van der Waals surface area contributed by atoms with Gasteiger partial charge < -0.3 is 40.9 Å². The smallest absolute Gasteiger partial charge is 0.274 e. The van der Waals surface area contributed by atoms with Crippen molar-refractivity contribution < 1.29 is 38.2 Å². The predicted octanol–water partition coefficient (Wildman–Crippen LogP) is 8.08. The number of anilines is 2. The van der Waals surface area contributed by atoms with E-state index in [2.05, 4.69) is 57.1 Å². The lowest BCUT2D eigenvalue weighted by atomic mass is 9.85. The SMILES string of the molecule is COc1cccc(F)c1-c1nccc(C(=O)Nc2ccc(-c3cnccc3C#N)cc2N2CCN(CC(=O)NCCCCCCCCCC(=O)N[C@H](C(=O)N3C[C@H](O)C[C@H]3C(=O)NCc3ccc(-c4scnc4C)cc3)C(C)(C)C)CC2)n1. The number of aliphatic hydroxyl groups is 1. The molecule has 8 rings (SSSR count). The number of methoxy groups -OCH3 is 1. The van der Waals surface area contributed by atoms with E-state index in [1.165, 1.54) is 36.4 Å². The molecule has 436 valence electrons. The first-order valence-corrected chi connectivity index (χ1v) is 29.1. The normalized spacial score (nSPS) is 15.7. The molecule has 3 atom stereocenters. The number of piperazine rings is 1. The number of nitrogens with zero attached hydrogens (tertiary/aromatic N) is 8. The van der Waals surface area contributed by atoms with Gasteiger partial charge in [0.05, 0.1) is 64.4 Å². The van der Waals surface area contributed by atoms with Gasteiger partial charge in [-0.25, -0.2) is 19.3 Å². The summed E-state index contributed by atoms with van der Waals surface area (Å²) < 4.78 is 20.3. The Morgan fingerprint density at radius 1 is 0.880 bits per heavy atom. The standard InChI is InChI=1S/C62H73FN12O7S/c1-40-56(83-39-69-40)42-19-17-41(18-20-42)35-68-60(80)51-33-45(76)37-75(51)61(81)57(62(2,3)4)72-53(77)16-11-9-7-6-8-10-12-25-66-54(78)38-73-28-30-74(31-29-73)50-32-43(46-36-65-26-23-44(46)34-64)21-22-48(50)71-59(79)49-24-27-67-58(70-49)55-47(63)14-13-15-52(55)82-5/h13-15,17-24,26-27,32,36,39,45,51,57,76H,6-12,16,25,28-31,33,35,37-38H2,1-5H3,(H,66,78)(H,68,80)(H,71,79)(H,72,77)/t45-,51+,57-/m1/s1. The number of ether oxygens (including phenoxy) is 1. The second-order valence-corrected chi connectivity index (χ2v) is 22.9. The van der Waals surface area contributed by atoms with Crippen LogP contribution in [0.2, 0.25) is 0 Å². The maximum atomic E-state index is 15.0. The second kappa shape index (κ2) is 28.7. The largest absolute Gasteiger partial charge is 0.496 e. The molecule has 5 heterocycles. The number of benzene rings is 3. The second-order valence-electron chi connectivity index (χ2n) is 22.1. The van der Waals surface area contributed by atoms with Crippen molar-refractivity contribution in [1.29, 1.82) is 5.26 Å². The Hall–Kier alpha value is -8.19.